The predicted molar refractivity (Wildman–Crippen MR) is 103 cm³/mol. The van der Waals surface area contributed by atoms with E-state index in [4.69, 9.17) is 0 Å². The number of nitrogens with one attached hydrogen (secondary N) is 2. The van der Waals surface area contributed by atoms with Crippen molar-refractivity contribution < 1.29 is 0 Å². The lowest BCUT2D eigenvalue weighted by molar-refractivity contribution is 0.320. The minimum Gasteiger partial charge on any atom is -0.313 e. The van der Waals surface area contributed by atoms with Crippen LogP contribution in [-0.2, 0) is 13.1 Å². The minimum atomic E-state index is 0.966. The lowest BCUT2D eigenvalue weighted by Gasteiger charge is -2.16. The molecule has 2 aromatic carbocycles. The van der Waals surface area contributed by atoms with Gasteiger partial charge in [0.2, 0.25) is 0 Å². The maximum atomic E-state index is 3.51. The Kier molecular flexibility index (Phi) is 9.17. The first-order chi connectivity index (χ1) is 11.8. The first kappa shape index (κ1) is 18.7. The van der Waals surface area contributed by atoms with Gasteiger partial charge in [0.25, 0.3) is 0 Å². The topological polar surface area (TPSA) is 27.3 Å². The van der Waals surface area contributed by atoms with Crippen LogP contribution in [0.1, 0.15) is 24.0 Å². The fraction of sp³-hybridized carbons (Fsp3) is 0.429. The van der Waals surface area contributed by atoms with E-state index in [9.17, 15) is 0 Å². The van der Waals surface area contributed by atoms with Gasteiger partial charge in [-0.25, -0.2) is 0 Å². The summed E-state index contributed by atoms with van der Waals surface area (Å²) in [5, 5.41) is 7.03. The predicted octanol–water partition coefficient (Wildman–Crippen LogP) is 3.28. The summed E-state index contributed by atoms with van der Waals surface area (Å²) in [6, 6.07) is 21.2. The second-order valence-electron chi connectivity index (χ2n) is 6.34. The summed E-state index contributed by atoms with van der Waals surface area (Å²) in [6.07, 6.45) is 2.39. The molecule has 2 N–H and O–H groups in total. The van der Waals surface area contributed by atoms with Crippen molar-refractivity contribution in [2.45, 2.75) is 25.9 Å². The van der Waals surface area contributed by atoms with E-state index in [-0.39, 0.29) is 0 Å². The molecule has 130 valence electrons. The van der Waals surface area contributed by atoms with Crippen LogP contribution in [0.5, 0.6) is 0 Å². The molecule has 2 aromatic rings. The van der Waals surface area contributed by atoms with Gasteiger partial charge in [0.15, 0.2) is 0 Å². The van der Waals surface area contributed by atoms with E-state index in [1.807, 2.05) is 0 Å². The Morgan fingerprint density at radius 1 is 0.667 bits per heavy atom. The summed E-state index contributed by atoms with van der Waals surface area (Å²) in [5.74, 6) is 0. The minimum absolute atomic E-state index is 0.966. The van der Waals surface area contributed by atoms with Crippen LogP contribution in [0.3, 0.4) is 0 Å². The van der Waals surface area contributed by atoms with Crippen LogP contribution in [0.4, 0.5) is 0 Å². The van der Waals surface area contributed by atoms with Gasteiger partial charge in [-0.05, 0) is 57.2 Å². The van der Waals surface area contributed by atoms with Crippen LogP contribution < -0.4 is 10.6 Å². The van der Waals surface area contributed by atoms with E-state index >= 15 is 0 Å². The monoisotopic (exact) mass is 325 g/mol. The van der Waals surface area contributed by atoms with Crippen molar-refractivity contribution in [1.82, 2.24) is 15.5 Å². The van der Waals surface area contributed by atoms with Gasteiger partial charge in [-0.3, -0.25) is 0 Å². The summed E-state index contributed by atoms with van der Waals surface area (Å²) in [7, 11) is 2.22. The average molecular weight is 326 g/mol. The van der Waals surface area contributed by atoms with Gasteiger partial charge >= 0.3 is 0 Å². The van der Waals surface area contributed by atoms with E-state index in [0.29, 0.717) is 0 Å². The Morgan fingerprint density at radius 2 is 1.08 bits per heavy atom. The third kappa shape index (κ3) is 8.25. The van der Waals surface area contributed by atoms with Crippen LogP contribution in [0.15, 0.2) is 60.7 Å². The lowest BCUT2D eigenvalue weighted by atomic mass is 10.2. The maximum Gasteiger partial charge on any atom is 0.0205 e. The summed E-state index contributed by atoms with van der Waals surface area (Å²) in [4.78, 5) is 2.42. The van der Waals surface area contributed by atoms with Crippen molar-refractivity contribution in [3.05, 3.63) is 71.8 Å². The van der Waals surface area contributed by atoms with Crippen LogP contribution in [0, 0.1) is 0 Å². The molecule has 0 saturated heterocycles. The molecule has 0 unspecified atom stereocenters. The SMILES string of the molecule is CN(CCCNCc1ccccc1)CCCNCc1ccccc1. The Bertz CT molecular complexity index is 478. The summed E-state index contributed by atoms with van der Waals surface area (Å²) in [6.45, 7) is 6.39. The van der Waals surface area contributed by atoms with Crippen molar-refractivity contribution in [2.75, 3.05) is 33.2 Å². The molecule has 0 saturated carbocycles. The Labute approximate surface area is 147 Å². The van der Waals surface area contributed by atoms with Crippen LogP contribution in [-0.4, -0.2) is 38.1 Å². The van der Waals surface area contributed by atoms with Gasteiger partial charge < -0.3 is 15.5 Å². The zero-order valence-corrected chi connectivity index (χ0v) is 14.9. The molecule has 3 nitrogen and oxygen atoms in total. The molecule has 0 aliphatic heterocycles. The van der Waals surface area contributed by atoms with Crippen molar-refractivity contribution in [3.63, 3.8) is 0 Å². The molecule has 2 rings (SSSR count). The van der Waals surface area contributed by atoms with Gasteiger partial charge in [0.1, 0.15) is 0 Å². The number of hydrogen-bond donors (Lipinski definition) is 2. The average Bonchev–Trinajstić information content (AvgIpc) is 2.63. The zero-order chi connectivity index (χ0) is 16.9. The zero-order valence-electron chi connectivity index (χ0n) is 14.9. The molecule has 0 spiro atoms. The normalized spacial score (nSPS) is 11.1. The van der Waals surface area contributed by atoms with E-state index in [2.05, 4.69) is 83.2 Å². The molecule has 0 atom stereocenters. The fourth-order valence-electron chi connectivity index (χ4n) is 2.72. The summed E-state index contributed by atoms with van der Waals surface area (Å²) < 4.78 is 0. The van der Waals surface area contributed by atoms with Gasteiger partial charge in [0, 0.05) is 13.1 Å². The molecule has 0 aliphatic rings. The number of nitrogens with zero attached hydrogens (tertiary/aromatic N) is 1. The standard InChI is InChI=1S/C21H31N3/c1-24(16-8-14-22-18-20-10-4-2-5-11-20)17-9-15-23-19-21-12-6-3-7-13-21/h2-7,10-13,22-23H,8-9,14-19H2,1H3. The molecule has 0 fully saturated rings. The third-order valence-electron chi connectivity index (χ3n) is 4.13. The first-order valence-electron chi connectivity index (χ1n) is 9.02. The Morgan fingerprint density at radius 3 is 1.50 bits per heavy atom. The second kappa shape index (κ2) is 11.8. The van der Waals surface area contributed by atoms with Gasteiger partial charge in [0.05, 0.1) is 0 Å². The van der Waals surface area contributed by atoms with Crippen LogP contribution >= 0.6 is 0 Å². The Hall–Kier alpha value is -1.68. The quantitative estimate of drug-likeness (QED) is 0.587. The largest absolute Gasteiger partial charge is 0.313 e. The molecule has 24 heavy (non-hydrogen) atoms. The first-order valence-corrected chi connectivity index (χ1v) is 9.02. The summed E-state index contributed by atoms with van der Waals surface area (Å²) >= 11 is 0. The van der Waals surface area contributed by atoms with Gasteiger partial charge in [-0.2, -0.15) is 0 Å². The summed E-state index contributed by atoms with van der Waals surface area (Å²) in [5.41, 5.74) is 2.71. The van der Waals surface area contributed by atoms with Crippen molar-refractivity contribution >= 4 is 0 Å². The molecule has 0 radical (unpaired) electrons. The molecule has 0 aliphatic carbocycles. The molecule has 0 heterocycles. The van der Waals surface area contributed by atoms with E-state index < -0.39 is 0 Å². The Balaban J connectivity index is 1.42. The van der Waals surface area contributed by atoms with Crippen LogP contribution in [0.2, 0.25) is 0 Å². The highest BCUT2D eigenvalue weighted by Crippen LogP contribution is 1.98. The molecule has 0 amide bonds. The van der Waals surface area contributed by atoms with Crippen molar-refractivity contribution in [3.8, 4) is 0 Å². The number of hydrogen-bond acceptors (Lipinski definition) is 3. The highest BCUT2D eigenvalue weighted by molar-refractivity contribution is 5.14. The lowest BCUT2D eigenvalue weighted by Crippen LogP contribution is -2.27. The van der Waals surface area contributed by atoms with Gasteiger partial charge in [-0.1, -0.05) is 60.7 Å². The van der Waals surface area contributed by atoms with Crippen molar-refractivity contribution in [1.29, 1.82) is 0 Å². The molecular weight excluding hydrogens is 294 g/mol. The smallest absolute Gasteiger partial charge is 0.0205 e. The highest BCUT2D eigenvalue weighted by Gasteiger charge is 1.98. The van der Waals surface area contributed by atoms with E-state index in [0.717, 1.165) is 39.3 Å². The van der Waals surface area contributed by atoms with Crippen molar-refractivity contribution in [2.24, 2.45) is 0 Å². The second-order valence-corrected chi connectivity index (χ2v) is 6.34. The molecule has 3 heteroatoms. The highest BCUT2D eigenvalue weighted by atomic mass is 15.1. The number of benzene rings is 2. The van der Waals surface area contributed by atoms with E-state index in [1.54, 1.807) is 0 Å². The molecule has 0 aromatic heterocycles. The van der Waals surface area contributed by atoms with Gasteiger partial charge in [-0.15, -0.1) is 0 Å². The third-order valence-corrected chi connectivity index (χ3v) is 4.13. The fourth-order valence-corrected chi connectivity index (χ4v) is 2.72. The molecular formula is C21H31N3. The maximum absolute atomic E-state index is 3.51. The van der Waals surface area contributed by atoms with Crippen LogP contribution in [0.25, 0.3) is 0 Å². The molecule has 0 bridgehead atoms. The number of rotatable bonds is 12. The van der Waals surface area contributed by atoms with E-state index in [1.165, 1.54) is 24.0 Å².